The number of likely N-dealkylation sites (tertiary alicyclic amines) is 1. The van der Waals surface area contributed by atoms with Gasteiger partial charge >= 0.3 is 5.97 Å². The molecule has 170 valence electrons. The Balaban J connectivity index is 1.53. The van der Waals surface area contributed by atoms with Crippen molar-refractivity contribution in [2.24, 2.45) is 0 Å². The van der Waals surface area contributed by atoms with Crippen molar-refractivity contribution in [2.75, 3.05) is 13.2 Å². The summed E-state index contributed by atoms with van der Waals surface area (Å²) in [5, 5.41) is 10.6. The number of rotatable bonds is 5. The number of nitrogens with one attached hydrogen (secondary N) is 1. The number of piperidine rings is 1. The van der Waals surface area contributed by atoms with Crippen LogP contribution in [0.25, 0.3) is 10.9 Å². The lowest BCUT2D eigenvalue weighted by atomic mass is 9.81. The maximum absolute atomic E-state index is 11.4. The van der Waals surface area contributed by atoms with E-state index < -0.39 is 5.97 Å². The van der Waals surface area contributed by atoms with Crippen LogP contribution in [0.2, 0.25) is 0 Å². The molecule has 2 aliphatic rings. The van der Waals surface area contributed by atoms with E-state index in [1.165, 1.54) is 27.6 Å². The number of hydrogen-bond donors (Lipinski definition) is 2. The number of carbonyl (C=O) groups is 1. The minimum absolute atomic E-state index is 0.0645. The van der Waals surface area contributed by atoms with Gasteiger partial charge < -0.3 is 14.8 Å². The molecule has 1 aromatic heterocycles. The number of aromatic carboxylic acids is 1. The first-order valence-electron chi connectivity index (χ1n) is 11.7. The van der Waals surface area contributed by atoms with Gasteiger partial charge in [0, 0.05) is 49.3 Å². The number of aromatic amines is 1. The fourth-order valence-electron chi connectivity index (χ4n) is 5.76. The van der Waals surface area contributed by atoms with Crippen molar-refractivity contribution in [3.05, 3.63) is 70.4 Å². The van der Waals surface area contributed by atoms with Gasteiger partial charge in [-0.3, -0.25) is 4.90 Å². The highest BCUT2D eigenvalue weighted by Gasteiger charge is 2.43. The highest BCUT2D eigenvalue weighted by molar-refractivity contribution is 5.88. The average molecular weight is 443 g/mol. The summed E-state index contributed by atoms with van der Waals surface area (Å²) in [5.74, 6) is 1.94. The van der Waals surface area contributed by atoms with E-state index in [-0.39, 0.29) is 11.6 Å². The van der Waals surface area contributed by atoms with Crippen LogP contribution in [0.15, 0.2) is 42.6 Å². The number of carboxylic acids is 1. The van der Waals surface area contributed by atoms with Crippen molar-refractivity contribution < 1.29 is 14.6 Å². The summed E-state index contributed by atoms with van der Waals surface area (Å²) >= 11 is 0. The van der Waals surface area contributed by atoms with E-state index >= 15 is 0 Å². The number of aromatic nitrogens is 1. The molecule has 33 heavy (non-hydrogen) atoms. The predicted molar refractivity (Wildman–Crippen MR) is 129 cm³/mol. The normalized spacial score (nSPS) is 23.2. The Morgan fingerprint density at radius 3 is 2.82 bits per heavy atom. The molecule has 5 heteroatoms. The van der Waals surface area contributed by atoms with Gasteiger partial charge in [-0.05, 0) is 73.1 Å². The minimum atomic E-state index is -0.897. The van der Waals surface area contributed by atoms with Crippen LogP contribution in [-0.2, 0) is 17.7 Å². The molecule has 2 aromatic carbocycles. The van der Waals surface area contributed by atoms with Crippen molar-refractivity contribution in [3.8, 4) is 12.3 Å². The SMILES string of the molecule is C#CCc1cc(C)c2[nH]ccc2c1CN1CC[C@@]2(CCCO2)C[C@H]1c1ccc(C(=O)O)cc1. The number of H-pyrrole nitrogens is 1. The van der Waals surface area contributed by atoms with Crippen molar-refractivity contribution in [3.63, 3.8) is 0 Å². The predicted octanol–water partition coefficient (Wildman–Crippen LogP) is 5.24. The molecule has 0 unspecified atom stereocenters. The lowest BCUT2D eigenvalue weighted by Crippen LogP contribution is -2.45. The van der Waals surface area contributed by atoms with Gasteiger partial charge in [0.25, 0.3) is 0 Å². The fraction of sp³-hybridized carbons (Fsp3) is 0.393. The zero-order valence-electron chi connectivity index (χ0n) is 19.1. The smallest absolute Gasteiger partial charge is 0.335 e. The summed E-state index contributed by atoms with van der Waals surface area (Å²) in [7, 11) is 0. The number of ether oxygens (including phenoxy) is 1. The molecule has 2 saturated heterocycles. The van der Waals surface area contributed by atoms with E-state index in [0.717, 1.165) is 50.9 Å². The molecule has 2 aliphatic heterocycles. The molecule has 2 fully saturated rings. The van der Waals surface area contributed by atoms with Crippen LogP contribution in [0.4, 0.5) is 0 Å². The number of benzene rings is 2. The van der Waals surface area contributed by atoms with Crippen LogP contribution >= 0.6 is 0 Å². The number of aryl methyl sites for hydroxylation is 1. The quantitative estimate of drug-likeness (QED) is 0.531. The van der Waals surface area contributed by atoms with Crippen molar-refractivity contribution in [1.82, 2.24) is 9.88 Å². The molecular weight excluding hydrogens is 412 g/mol. The number of fused-ring (bicyclic) bond motifs is 1. The van der Waals surface area contributed by atoms with E-state index in [1.807, 2.05) is 18.3 Å². The molecule has 0 bridgehead atoms. The zero-order chi connectivity index (χ0) is 23.0. The highest BCUT2D eigenvalue weighted by Crippen LogP contribution is 2.45. The second-order valence-corrected chi connectivity index (χ2v) is 9.48. The molecule has 0 radical (unpaired) electrons. The minimum Gasteiger partial charge on any atom is -0.478 e. The van der Waals surface area contributed by atoms with Gasteiger partial charge in [0.2, 0.25) is 0 Å². The van der Waals surface area contributed by atoms with Gasteiger partial charge in [-0.1, -0.05) is 18.2 Å². The Labute approximate surface area is 194 Å². The van der Waals surface area contributed by atoms with E-state index in [1.54, 1.807) is 12.1 Å². The Morgan fingerprint density at radius 1 is 1.30 bits per heavy atom. The van der Waals surface area contributed by atoms with Crippen molar-refractivity contribution in [2.45, 2.75) is 57.2 Å². The van der Waals surface area contributed by atoms with E-state index in [4.69, 9.17) is 11.2 Å². The summed E-state index contributed by atoms with van der Waals surface area (Å²) in [6, 6.07) is 11.9. The molecule has 2 atom stereocenters. The summed E-state index contributed by atoms with van der Waals surface area (Å²) in [4.78, 5) is 17.3. The molecule has 3 aromatic rings. The summed E-state index contributed by atoms with van der Waals surface area (Å²) in [6.45, 7) is 4.68. The molecule has 1 spiro atoms. The summed E-state index contributed by atoms with van der Waals surface area (Å²) in [6.07, 6.45) is 12.5. The Bertz CT molecular complexity index is 1210. The third kappa shape index (κ3) is 4.06. The van der Waals surface area contributed by atoms with Crippen LogP contribution in [0, 0.1) is 19.3 Å². The standard InChI is InChI=1S/C28H30N2O3/c1-3-5-22-16-19(2)26-23(10-13-29-26)24(22)18-30-14-12-28(11-4-15-33-28)17-25(30)20-6-8-21(9-7-20)27(31)32/h1,6-10,13,16,25,29H,4-5,11-12,14-15,17-18H2,2H3,(H,31,32)/t25-,28-/m0/s1. The van der Waals surface area contributed by atoms with Crippen molar-refractivity contribution in [1.29, 1.82) is 0 Å². The van der Waals surface area contributed by atoms with Crippen LogP contribution in [-0.4, -0.2) is 39.7 Å². The zero-order valence-corrected chi connectivity index (χ0v) is 19.1. The molecule has 0 saturated carbocycles. The van der Waals surface area contributed by atoms with Gasteiger partial charge in [0.1, 0.15) is 0 Å². The lowest BCUT2D eigenvalue weighted by molar-refractivity contribution is -0.0675. The van der Waals surface area contributed by atoms with Crippen LogP contribution < -0.4 is 0 Å². The van der Waals surface area contributed by atoms with Gasteiger partial charge in [0.15, 0.2) is 0 Å². The third-order valence-electron chi connectivity index (χ3n) is 7.49. The molecule has 0 amide bonds. The first kappa shape index (κ1) is 21.8. The Hall–Kier alpha value is -3.07. The Kier molecular flexibility index (Phi) is 5.74. The maximum atomic E-state index is 11.4. The number of nitrogens with zero attached hydrogens (tertiary/aromatic N) is 1. The van der Waals surface area contributed by atoms with E-state index in [9.17, 15) is 9.90 Å². The Morgan fingerprint density at radius 2 is 2.12 bits per heavy atom. The monoisotopic (exact) mass is 442 g/mol. The van der Waals surface area contributed by atoms with Crippen LogP contribution in [0.3, 0.4) is 0 Å². The first-order chi connectivity index (χ1) is 16.0. The second-order valence-electron chi connectivity index (χ2n) is 9.48. The summed E-state index contributed by atoms with van der Waals surface area (Å²) < 4.78 is 6.28. The molecule has 5 rings (SSSR count). The van der Waals surface area contributed by atoms with Crippen molar-refractivity contribution >= 4 is 16.9 Å². The number of hydrogen-bond acceptors (Lipinski definition) is 3. The second kappa shape index (κ2) is 8.70. The first-order valence-corrected chi connectivity index (χ1v) is 11.7. The molecular formula is C28H30N2O3. The fourth-order valence-corrected chi connectivity index (χ4v) is 5.76. The van der Waals surface area contributed by atoms with E-state index in [0.29, 0.717) is 12.0 Å². The molecule has 3 heterocycles. The van der Waals surface area contributed by atoms with E-state index in [2.05, 4.69) is 34.9 Å². The largest absolute Gasteiger partial charge is 0.478 e. The third-order valence-corrected chi connectivity index (χ3v) is 7.49. The number of carboxylic acid groups (broad SMARTS) is 1. The molecule has 0 aliphatic carbocycles. The topological polar surface area (TPSA) is 65.6 Å². The number of terminal acetylenes is 1. The van der Waals surface area contributed by atoms with Crippen LogP contribution in [0.5, 0.6) is 0 Å². The van der Waals surface area contributed by atoms with Gasteiger partial charge in [-0.15, -0.1) is 12.3 Å². The lowest BCUT2D eigenvalue weighted by Gasteiger charge is -2.45. The maximum Gasteiger partial charge on any atom is 0.335 e. The highest BCUT2D eigenvalue weighted by atomic mass is 16.5. The average Bonchev–Trinajstić information content (AvgIpc) is 3.48. The molecule has 5 nitrogen and oxygen atoms in total. The van der Waals surface area contributed by atoms with Crippen LogP contribution in [0.1, 0.15) is 64.3 Å². The molecule has 2 N–H and O–H groups in total. The van der Waals surface area contributed by atoms with Gasteiger partial charge in [-0.25, -0.2) is 4.79 Å². The van der Waals surface area contributed by atoms with Gasteiger partial charge in [0.05, 0.1) is 11.2 Å². The summed E-state index contributed by atoms with van der Waals surface area (Å²) in [5.41, 5.74) is 6.26. The van der Waals surface area contributed by atoms with Gasteiger partial charge in [-0.2, -0.15) is 0 Å².